The van der Waals surface area contributed by atoms with Gasteiger partial charge in [0.15, 0.2) is 0 Å². The highest BCUT2D eigenvalue weighted by atomic mass is 32.2. The van der Waals surface area contributed by atoms with E-state index < -0.39 is 0 Å². The zero-order valence-corrected chi connectivity index (χ0v) is 13.9. The zero-order chi connectivity index (χ0) is 16.5. The summed E-state index contributed by atoms with van der Waals surface area (Å²) in [4.78, 5) is 23.8. The Morgan fingerprint density at radius 1 is 1.04 bits per heavy atom. The maximum absolute atomic E-state index is 12.2. The van der Waals surface area contributed by atoms with Crippen molar-refractivity contribution >= 4 is 29.3 Å². The van der Waals surface area contributed by atoms with Gasteiger partial charge in [0, 0.05) is 17.8 Å². The van der Waals surface area contributed by atoms with Crippen LogP contribution in [0.2, 0.25) is 0 Å². The van der Waals surface area contributed by atoms with Gasteiger partial charge < -0.3 is 10.6 Å². The molecule has 23 heavy (non-hydrogen) atoms. The molecule has 2 N–H and O–H groups in total. The van der Waals surface area contributed by atoms with E-state index in [9.17, 15) is 9.59 Å². The minimum Gasteiger partial charge on any atom is -0.352 e. The van der Waals surface area contributed by atoms with E-state index in [1.165, 1.54) is 17.3 Å². The SMILES string of the molecule is CSCC(=O)Nc1cccc(C(=O)NCCc2ccccc2)c1. The van der Waals surface area contributed by atoms with Crippen LogP contribution in [0.5, 0.6) is 0 Å². The first-order valence-corrected chi connectivity index (χ1v) is 8.79. The number of nitrogens with one attached hydrogen (secondary N) is 2. The first kappa shape index (κ1) is 17.1. The quantitative estimate of drug-likeness (QED) is 0.821. The lowest BCUT2D eigenvalue weighted by Gasteiger charge is -2.08. The van der Waals surface area contributed by atoms with Gasteiger partial charge >= 0.3 is 0 Å². The molecule has 0 aliphatic heterocycles. The number of hydrogen-bond donors (Lipinski definition) is 2. The topological polar surface area (TPSA) is 58.2 Å². The van der Waals surface area contributed by atoms with E-state index in [4.69, 9.17) is 0 Å². The summed E-state index contributed by atoms with van der Waals surface area (Å²) in [6, 6.07) is 17.0. The Morgan fingerprint density at radius 3 is 2.57 bits per heavy atom. The summed E-state index contributed by atoms with van der Waals surface area (Å²) in [5.41, 5.74) is 2.37. The number of hydrogen-bond acceptors (Lipinski definition) is 3. The lowest BCUT2D eigenvalue weighted by molar-refractivity contribution is -0.113. The Kier molecular flexibility index (Phi) is 6.69. The molecule has 5 heteroatoms. The Hall–Kier alpha value is -2.27. The highest BCUT2D eigenvalue weighted by molar-refractivity contribution is 7.99. The third-order valence-corrected chi connectivity index (χ3v) is 3.78. The minimum atomic E-state index is -0.137. The maximum Gasteiger partial charge on any atom is 0.251 e. The second-order valence-corrected chi connectivity index (χ2v) is 5.92. The molecule has 120 valence electrons. The first-order chi connectivity index (χ1) is 11.2. The number of carbonyl (C=O) groups excluding carboxylic acids is 2. The molecule has 0 radical (unpaired) electrons. The summed E-state index contributed by atoms with van der Waals surface area (Å²) < 4.78 is 0. The number of amides is 2. The minimum absolute atomic E-state index is 0.0702. The zero-order valence-electron chi connectivity index (χ0n) is 13.0. The fourth-order valence-electron chi connectivity index (χ4n) is 2.13. The van der Waals surface area contributed by atoms with Crippen LogP contribution in [-0.2, 0) is 11.2 Å². The molecule has 0 spiro atoms. The number of anilines is 1. The normalized spacial score (nSPS) is 10.1. The Bertz CT molecular complexity index is 659. The number of benzene rings is 2. The first-order valence-electron chi connectivity index (χ1n) is 7.40. The number of carbonyl (C=O) groups is 2. The van der Waals surface area contributed by atoms with Crippen LogP contribution in [0.1, 0.15) is 15.9 Å². The van der Waals surface area contributed by atoms with Crippen LogP contribution in [0.25, 0.3) is 0 Å². The van der Waals surface area contributed by atoms with Crippen molar-refractivity contribution in [1.29, 1.82) is 0 Å². The molecule has 4 nitrogen and oxygen atoms in total. The van der Waals surface area contributed by atoms with Crippen LogP contribution in [0.4, 0.5) is 5.69 Å². The van der Waals surface area contributed by atoms with Crippen molar-refractivity contribution in [1.82, 2.24) is 5.32 Å². The van der Waals surface area contributed by atoms with Gasteiger partial charge in [-0.3, -0.25) is 9.59 Å². The number of thioether (sulfide) groups is 1. The molecule has 2 aromatic rings. The third kappa shape index (κ3) is 5.79. The molecule has 0 heterocycles. The van der Waals surface area contributed by atoms with Crippen molar-refractivity contribution in [2.75, 3.05) is 23.9 Å². The van der Waals surface area contributed by atoms with Gasteiger partial charge in [-0.25, -0.2) is 0 Å². The molecule has 0 unspecified atom stereocenters. The van der Waals surface area contributed by atoms with E-state index in [0.29, 0.717) is 23.5 Å². The molecule has 2 amide bonds. The standard InChI is InChI=1S/C18H20N2O2S/c1-23-13-17(21)20-16-9-5-8-15(12-16)18(22)19-11-10-14-6-3-2-4-7-14/h2-9,12H,10-11,13H2,1H3,(H,19,22)(H,20,21). The van der Waals surface area contributed by atoms with Gasteiger partial charge in [-0.15, -0.1) is 0 Å². The van der Waals surface area contributed by atoms with Crippen molar-refractivity contribution in [3.63, 3.8) is 0 Å². The van der Waals surface area contributed by atoms with Crippen molar-refractivity contribution in [2.45, 2.75) is 6.42 Å². The molecule has 0 aromatic heterocycles. The summed E-state index contributed by atoms with van der Waals surface area (Å²) in [7, 11) is 0. The third-order valence-electron chi connectivity index (χ3n) is 3.23. The monoisotopic (exact) mass is 328 g/mol. The molecule has 0 saturated heterocycles. The van der Waals surface area contributed by atoms with Crippen molar-refractivity contribution in [2.24, 2.45) is 0 Å². The average molecular weight is 328 g/mol. The largest absolute Gasteiger partial charge is 0.352 e. The van der Waals surface area contributed by atoms with Gasteiger partial charge in [0.1, 0.15) is 0 Å². The van der Waals surface area contributed by atoms with Crippen LogP contribution in [0, 0.1) is 0 Å². The van der Waals surface area contributed by atoms with Crippen LogP contribution >= 0.6 is 11.8 Å². The summed E-state index contributed by atoms with van der Waals surface area (Å²) in [5.74, 6) is 0.189. The molecular formula is C18H20N2O2S. The van der Waals surface area contributed by atoms with Crippen LogP contribution < -0.4 is 10.6 Å². The second kappa shape index (κ2) is 9.00. The Morgan fingerprint density at radius 2 is 1.83 bits per heavy atom. The van der Waals surface area contributed by atoms with Crippen molar-refractivity contribution < 1.29 is 9.59 Å². The maximum atomic E-state index is 12.2. The van der Waals surface area contributed by atoms with Gasteiger partial charge in [-0.05, 0) is 36.4 Å². The van der Waals surface area contributed by atoms with Gasteiger partial charge in [-0.1, -0.05) is 36.4 Å². The van der Waals surface area contributed by atoms with Crippen molar-refractivity contribution in [3.05, 3.63) is 65.7 Å². The smallest absolute Gasteiger partial charge is 0.251 e. The van der Waals surface area contributed by atoms with E-state index in [2.05, 4.69) is 10.6 Å². The van der Waals surface area contributed by atoms with Crippen molar-refractivity contribution in [3.8, 4) is 0 Å². The van der Waals surface area contributed by atoms with E-state index >= 15 is 0 Å². The Labute approximate surface area is 140 Å². The van der Waals surface area contributed by atoms with E-state index in [0.717, 1.165) is 6.42 Å². The van der Waals surface area contributed by atoms with Crippen LogP contribution in [0.15, 0.2) is 54.6 Å². The van der Waals surface area contributed by atoms with E-state index in [-0.39, 0.29) is 11.8 Å². The summed E-state index contributed by atoms with van der Waals surface area (Å²) in [5, 5.41) is 5.68. The molecule has 2 rings (SSSR count). The number of rotatable bonds is 7. The van der Waals surface area contributed by atoms with Gasteiger partial charge in [0.05, 0.1) is 5.75 Å². The summed E-state index contributed by atoms with van der Waals surface area (Å²) >= 11 is 1.46. The lowest BCUT2D eigenvalue weighted by atomic mass is 10.1. The van der Waals surface area contributed by atoms with Crippen LogP contribution in [0.3, 0.4) is 0 Å². The molecule has 0 aliphatic rings. The average Bonchev–Trinajstić information content (AvgIpc) is 2.56. The highest BCUT2D eigenvalue weighted by Gasteiger charge is 2.07. The fourth-order valence-corrected chi connectivity index (χ4v) is 2.47. The molecule has 0 atom stereocenters. The second-order valence-electron chi connectivity index (χ2n) is 5.05. The van der Waals surface area contributed by atoms with Gasteiger partial charge in [0.2, 0.25) is 5.91 Å². The van der Waals surface area contributed by atoms with Crippen LogP contribution in [-0.4, -0.2) is 30.4 Å². The molecule has 2 aromatic carbocycles. The highest BCUT2D eigenvalue weighted by Crippen LogP contribution is 2.11. The molecule has 0 saturated carbocycles. The molecule has 0 fully saturated rings. The lowest BCUT2D eigenvalue weighted by Crippen LogP contribution is -2.25. The fraction of sp³-hybridized carbons (Fsp3) is 0.222. The predicted octanol–water partition coefficient (Wildman–Crippen LogP) is 2.96. The molecular weight excluding hydrogens is 308 g/mol. The van der Waals surface area contributed by atoms with E-state index in [1.807, 2.05) is 36.6 Å². The van der Waals surface area contributed by atoms with E-state index in [1.54, 1.807) is 24.3 Å². The van der Waals surface area contributed by atoms with Gasteiger partial charge in [-0.2, -0.15) is 11.8 Å². The summed E-state index contributed by atoms with van der Waals surface area (Å²) in [6.45, 7) is 0.575. The predicted molar refractivity (Wildman–Crippen MR) is 95.9 cm³/mol. The molecule has 0 aliphatic carbocycles. The Balaban J connectivity index is 1.88. The summed E-state index contributed by atoms with van der Waals surface area (Å²) in [6.07, 6.45) is 2.66. The van der Waals surface area contributed by atoms with Gasteiger partial charge in [0.25, 0.3) is 5.91 Å². The molecule has 0 bridgehead atoms.